The Balaban J connectivity index is 2.90. The monoisotopic (exact) mass is 235 g/mol. The Kier molecular flexibility index (Phi) is 5.42. The molecular weight excluding hydrogens is 210 g/mol. The van der Waals surface area contributed by atoms with E-state index in [-0.39, 0.29) is 0 Å². The van der Waals surface area contributed by atoms with Gasteiger partial charge >= 0.3 is 0 Å². The second-order valence-electron chi connectivity index (χ2n) is 4.54. The van der Waals surface area contributed by atoms with Crippen molar-refractivity contribution in [3.63, 3.8) is 0 Å². The van der Waals surface area contributed by atoms with Gasteiger partial charge < -0.3 is 10.2 Å². The van der Waals surface area contributed by atoms with Crippen LogP contribution >= 0.6 is 0 Å². The number of rotatable bonds is 6. The third-order valence-corrected chi connectivity index (χ3v) is 3.55. The minimum absolute atomic E-state index is 0.367. The summed E-state index contributed by atoms with van der Waals surface area (Å²) in [6.45, 7) is 6.62. The van der Waals surface area contributed by atoms with Gasteiger partial charge in [0, 0.05) is 25.3 Å². The summed E-state index contributed by atoms with van der Waals surface area (Å²) in [6, 6.07) is 5.19. The minimum atomic E-state index is 0.367. The molecule has 0 aliphatic carbocycles. The van der Waals surface area contributed by atoms with Crippen molar-refractivity contribution < 1.29 is 0 Å². The molecule has 3 nitrogen and oxygen atoms in total. The second kappa shape index (κ2) is 6.60. The first-order chi connectivity index (χ1) is 8.13. The van der Waals surface area contributed by atoms with E-state index < -0.39 is 0 Å². The number of hydrogen-bond acceptors (Lipinski definition) is 3. The molecule has 0 bridgehead atoms. The third kappa shape index (κ3) is 3.43. The van der Waals surface area contributed by atoms with Crippen LogP contribution in [0.15, 0.2) is 18.3 Å². The lowest BCUT2D eigenvalue weighted by atomic mass is 10.1. The quantitative estimate of drug-likeness (QED) is 0.821. The zero-order valence-corrected chi connectivity index (χ0v) is 11.7. The van der Waals surface area contributed by atoms with Crippen LogP contribution in [0, 0.1) is 0 Å². The van der Waals surface area contributed by atoms with E-state index in [0.29, 0.717) is 12.1 Å². The highest BCUT2D eigenvalue weighted by Crippen LogP contribution is 2.20. The van der Waals surface area contributed by atoms with Crippen molar-refractivity contribution in [2.75, 3.05) is 19.0 Å². The van der Waals surface area contributed by atoms with Crippen molar-refractivity contribution >= 4 is 5.82 Å². The summed E-state index contributed by atoms with van der Waals surface area (Å²) >= 11 is 0. The van der Waals surface area contributed by atoms with Gasteiger partial charge in [-0.05, 0) is 44.5 Å². The standard InChI is InChI=1S/C14H25N3/c1-6-13(7-2)17(5)14-10-12(8-9-16-14)11(3)15-4/h8-11,13,15H,6-7H2,1-5H3. The van der Waals surface area contributed by atoms with Crippen LogP contribution in [0.25, 0.3) is 0 Å². The molecule has 1 atom stereocenters. The Morgan fingerprint density at radius 2 is 2.00 bits per heavy atom. The Bertz CT molecular complexity index is 334. The van der Waals surface area contributed by atoms with Gasteiger partial charge in [-0.25, -0.2) is 4.98 Å². The lowest BCUT2D eigenvalue weighted by Crippen LogP contribution is -2.31. The molecule has 1 N–H and O–H groups in total. The highest BCUT2D eigenvalue weighted by Gasteiger charge is 2.13. The van der Waals surface area contributed by atoms with Gasteiger partial charge in [-0.3, -0.25) is 0 Å². The smallest absolute Gasteiger partial charge is 0.128 e. The Morgan fingerprint density at radius 1 is 1.35 bits per heavy atom. The zero-order valence-electron chi connectivity index (χ0n) is 11.7. The van der Waals surface area contributed by atoms with Gasteiger partial charge in [-0.2, -0.15) is 0 Å². The molecular formula is C14H25N3. The van der Waals surface area contributed by atoms with E-state index in [1.807, 2.05) is 13.2 Å². The van der Waals surface area contributed by atoms with Crippen molar-refractivity contribution in [1.82, 2.24) is 10.3 Å². The number of aromatic nitrogens is 1. The number of hydrogen-bond donors (Lipinski definition) is 1. The Labute approximate surface area is 105 Å². The van der Waals surface area contributed by atoms with E-state index in [1.165, 1.54) is 5.56 Å². The maximum absolute atomic E-state index is 4.47. The van der Waals surface area contributed by atoms with E-state index in [9.17, 15) is 0 Å². The van der Waals surface area contributed by atoms with Crippen molar-refractivity contribution in [2.24, 2.45) is 0 Å². The van der Waals surface area contributed by atoms with Crippen LogP contribution in [0.1, 0.15) is 45.2 Å². The first kappa shape index (κ1) is 14.0. The first-order valence-corrected chi connectivity index (χ1v) is 6.50. The number of nitrogens with zero attached hydrogens (tertiary/aromatic N) is 2. The van der Waals surface area contributed by atoms with Gasteiger partial charge in [-0.1, -0.05) is 13.8 Å². The highest BCUT2D eigenvalue weighted by atomic mass is 15.2. The molecule has 0 saturated heterocycles. The number of nitrogens with one attached hydrogen (secondary N) is 1. The average molecular weight is 235 g/mol. The number of pyridine rings is 1. The fraction of sp³-hybridized carbons (Fsp3) is 0.643. The van der Waals surface area contributed by atoms with Crippen LogP contribution in [0.3, 0.4) is 0 Å². The van der Waals surface area contributed by atoms with Crippen LogP contribution in [-0.2, 0) is 0 Å². The summed E-state index contributed by atoms with van der Waals surface area (Å²) in [5, 5.41) is 3.26. The molecule has 1 aromatic heterocycles. The predicted octanol–water partition coefficient (Wildman–Crippen LogP) is 2.99. The zero-order chi connectivity index (χ0) is 12.8. The van der Waals surface area contributed by atoms with E-state index in [4.69, 9.17) is 0 Å². The molecule has 1 unspecified atom stereocenters. The van der Waals surface area contributed by atoms with Crippen LogP contribution < -0.4 is 10.2 Å². The lowest BCUT2D eigenvalue weighted by Gasteiger charge is -2.28. The molecule has 0 radical (unpaired) electrons. The first-order valence-electron chi connectivity index (χ1n) is 6.50. The van der Waals surface area contributed by atoms with Gasteiger partial charge in [-0.15, -0.1) is 0 Å². The van der Waals surface area contributed by atoms with Gasteiger partial charge in [0.05, 0.1) is 0 Å². The largest absolute Gasteiger partial charge is 0.357 e. The molecule has 0 aromatic carbocycles. The normalized spacial score (nSPS) is 12.8. The number of anilines is 1. The Morgan fingerprint density at radius 3 is 2.53 bits per heavy atom. The lowest BCUT2D eigenvalue weighted by molar-refractivity contribution is 0.585. The summed E-state index contributed by atoms with van der Waals surface area (Å²) in [7, 11) is 4.11. The third-order valence-electron chi connectivity index (χ3n) is 3.55. The predicted molar refractivity (Wildman–Crippen MR) is 74.5 cm³/mol. The summed E-state index contributed by atoms with van der Waals surface area (Å²) in [6.07, 6.45) is 4.21. The van der Waals surface area contributed by atoms with Crippen molar-refractivity contribution in [3.8, 4) is 0 Å². The molecule has 96 valence electrons. The van der Waals surface area contributed by atoms with Gasteiger partial charge in [0.2, 0.25) is 0 Å². The maximum atomic E-state index is 4.47. The van der Waals surface area contributed by atoms with Crippen LogP contribution in [0.2, 0.25) is 0 Å². The second-order valence-corrected chi connectivity index (χ2v) is 4.54. The van der Waals surface area contributed by atoms with Crippen molar-refractivity contribution in [1.29, 1.82) is 0 Å². The van der Waals surface area contributed by atoms with Crippen molar-refractivity contribution in [3.05, 3.63) is 23.9 Å². The van der Waals surface area contributed by atoms with Gasteiger partial charge in [0.25, 0.3) is 0 Å². The molecule has 1 heterocycles. The molecule has 0 spiro atoms. The molecule has 0 fully saturated rings. The Hall–Kier alpha value is -1.09. The average Bonchev–Trinajstić information content (AvgIpc) is 2.39. The maximum Gasteiger partial charge on any atom is 0.128 e. The molecule has 0 aliphatic rings. The molecule has 1 rings (SSSR count). The summed E-state index contributed by atoms with van der Waals surface area (Å²) < 4.78 is 0. The molecule has 0 saturated carbocycles. The molecule has 17 heavy (non-hydrogen) atoms. The topological polar surface area (TPSA) is 28.2 Å². The molecule has 1 aromatic rings. The minimum Gasteiger partial charge on any atom is -0.357 e. The highest BCUT2D eigenvalue weighted by molar-refractivity contribution is 5.42. The van der Waals surface area contributed by atoms with E-state index in [0.717, 1.165) is 18.7 Å². The fourth-order valence-corrected chi connectivity index (χ4v) is 2.09. The summed E-state index contributed by atoms with van der Waals surface area (Å²) in [5.74, 6) is 1.07. The van der Waals surface area contributed by atoms with E-state index >= 15 is 0 Å². The summed E-state index contributed by atoms with van der Waals surface area (Å²) in [4.78, 5) is 6.75. The molecule has 0 amide bonds. The molecule has 3 heteroatoms. The van der Waals surface area contributed by atoms with Crippen LogP contribution in [-0.4, -0.2) is 25.1 Å². The van der Waals surface area contributed by atoms with E-state index in [1.54, 1.807) is 0 Å². The van der Waals surface area contributed by atoms with Crippen LogP contribution in [0.5, 0.6) is 0 Å². The SMILES string of the molecule is CCC(CC)N(C)c1cc(C(C)NC)ccn1. The van der Waals surface area contributed by atoms with Crippen molar-refractivity contribution in [2.45, 2.75) is 45.7 Å². The molecule has 0 aliphatic heterocycles. The van der Waals surface area contributed by atoms with Gasteiger partial charge in [0.15, 0.2) is 0 Å². The summed E-state index contributed by atoms with van der Waals surface area (Å²) in [5.41, 5.74) is 1.29. The van der Waals surface area contributed by atoms with E-state index in [2.05, 4.69) is 55.2 Å². The van der Waals surface area contributed by atoms with Crippen LogP contribution in [0.4, 0.5) is 5.82 Å². The van der Waals surface area contributed by atoms with Gasteiger partial charge in [0.1, 0.15) is 5.82 Å². The fourth-order valence-electron chi connectivity index (χ4n) is 2.09.